The van der Waals surface area contributed by atoms with Crippen molar-refractivity contribution in [3.8, 4) is 0 Å². The minimum absolute atomic E-state index is 0.00289. The summed E-state index contributed by atoms with van der Waals surface area (Å²) in [4.78, 5) is 27.3. The van der Waals surface area contributed by atoms with E-state index in [2.05, 4.69) is 17.1 Å². The maximum Gasteiger partial charge on any atom is 0.317 e. The lowest BCUT2D eigenvalue weighted by Crippen LogP contribution is -2.59. The van der Waals surface area contributed by atoms with Crippen molar-refractivity contribution in [2.45, 2.75) is 64.1 Å². The molecule has 3 atom stereocenters. The molecular formula is C15H27N3O3. The molecule has 2 saturated heterocycles. The van der Waals surface area contributed by atoms with Crippen molar-refractivity contribution in [2.24, 2.45) is 0 Å². The molecule has 2 N–H and O–H groups in total. The topological polar surface area (TPSA) is 72.9 Å². The molecule has 2 fully saturated rings. The minimum atomic E-state index is -0.778. The van der Waals surface area contributed by atoms with Crippen molar-refractivity contribution in [2.75, 3.05) is 19.6 Å². The number of nitrogens with zero attached hydrogens (tertiary/aromatic N) is 2. The summed E-state index contributed by atoms with van der Waals surface area (Å²) in [5.41, 5.74) is 0. The summed E-state index contributed by atoms with van der Waals surface area (Å²) in [6, 6.07) is 0.780. The van der Waals surface area contributed by atoms with Gasteiger partial charge in [-0.2, -0.15) is 0 Å². The molecule has 21 heavy (non-hydrogen) atoms. The number of aliphatic carboxylic acids is 1. The number of rotatable bonds is 5. The average molecular weight is 297 g/mol. The van der Waals surface area contributed by atoms with Gasteiger partial charge in [-0.1, -0.05) is 0 Å². The summed E-state index contributed by atoms with van der Waals surface area (Å²) in [5.74, 6) is -0.778. The van der Waals surface area contributed by atoms with E-state index >= 15 is 0 Å². The third-order valence-electron chi connectivity index (χ3n) is 4.60. The average Bonchev–Trinajstić information content (AvgIpc) is 2.84. The van der Waals surface area contributed by atoms with Crippen LogP contribution < -0.4 is 5.32 Å². The second kappa shape index (κ2) is 7.11. The predicted octanol–water partition coefficient (Wildman–Crippen LogP) is 1.51. The zero-order valence-corrected chi connectivity index (χ0v) is 13.0. The van der Waals surface area contributed by atoms with Gasteiger partial charge in [0.1, 0.15) is 0 Å². The Kier molecular flexibility index (Phi) is 5.45. The van der Waals surface area contributed by atoms with Crippen molar-refractivity contribution in [3.05, 3.63) is 0 Å². The number of hydrogen-bond donors (Lipinski definition) is 2. The van der Waals surface area contributed by atoms with Crippen LogP contribution in [0.25, 0.3) is 0 Å². The Labute approximate surface area is 126 Å². The van der Waals surface area contributed by atoms with Crippen LogP contribution in [0.1, 0.15) is 46.0 Å². The first-order chi connectivity index (χ1) is 9.97. The van der Waals surface area contributed by atoms with Crippen LogP contribution in [0.2, 0.25) is 0 Å². The van der Waals surface area contributed by atoms with Gasteiger partial charge in [0.2, 0.25) is 0 Å². The maximum absolute atomic E-state index is 12.4. The highest BCUT2D eigenvalue weighted by Gasteiger charge is 2.36. The molecule has 6 heteroatoms. The standard InChI is InChI=1S/C15H27N3O3/c1-11(5-3-7-14(19)20)16-15(21)18-10-13-6-4-8-17(13)9-12(18)2/h11-13H,3-10H2,1-2H3,(H,16,21)(H,19,20). The van der Waals surface area contributed by atoms with E-state index in [1.807, 2.05) is 11.8 Å². The Morgan fingerprint density at radius 3 is 2.86 bits per heavy atom. The van der Waals surface area contributed by atoms with Gasteiger partial charge in [0.05, 0.1) is 0 Å². The highest BCUT2D eigenvalue weighted by molar-refractivity contribution is 5.75. The third kappa shape index (κ3) is 4.33. The number of carbonyl (C=O) groups is 2. The van der Waals surface area contributed by atoms with E-state index in [9.17, 15) is 9.59 Å². The van der Waals surface area contributed by atoms with E-state index < -0.39 is 5.97 Å². The molecule has 3 unspecified atom stereocenters. The van der Waals surface area contributed by atoms with Gasteiger partial charge in [-0.3, -0.25) is 9.69 Å². The number of nitrogens with one attached hydrogen (secondary N) is 1. The first-order valence-corrected chi connectivity index (χ1v) is 8.00. The van der Waals surface area contributed by atoms with Crippen molar-refractivity contribution >= 4 is 12.0 Å². The Balaban J connectivity index is 1.78. The first-order valence-electron chi connectivity index (χ1n) is 8.00. The highest BCUT2D eigenvalue weighted by atomic mass is 16.4. The van der Waals surface area contributed by atoms with Gasteiger partial charge in [-0.05, 0) is 46.1 Å². The number of amides is 2. The summed E-state index contributed by atoms with van der Waals surface area (Å²) in [6.07, 6.45) is 3.89. The fourth-order valence-corrected chi connectivity index (χ4v) is 3.40. The Morgan fingerprint density at radius 2 is 2.14 bits per heavy atom. The second-order valence-corrected chi connectivity index (χ2v) is 6.43. The zero-order valence-electron chi connectivity index (χ0n) is 13.0. The molecular weight excluding hydrogens is 270 g/mol. The molecule has 0 aromatic rings. The number of carboxylic acids is 1. The largest absolute Gasteiger partial charge is 0.481 e. The first kappa shape index (κ1) is 16.1. The van der Waals surface area contributed by atoms with Gasteiger partial charge in [-0.15, -0.1) is 0 Å². The zero-order chi connectivity index (χ0) is 15.4. The molecule has 2 amide bonds. The van der Waals surface area contributed by atoms with Crippen molar-refractivity contribution < 1.29 is 14.7 Å². The SMILES string of the molecule is CC(CCCC(=O)O)NC(=O)N1CC2CCCN2CC1C. The van der Waals surface area contributed by atoms with E-state index in [0.717, 1.165) is 19.6 Å². The minimum Gasteiger partial charge on any atom is -0.481 e. The van der Waals surface area contributed by atoms with Crippen LogP contribution in [0.15, 0.2) is 0 Å². The van der Waals surface area contributed by atoms with Crippen molar-refractivity contribution in [1.29, 1.82) is 0 Å². The summed E-state index contributed by atoms with van der Waals surface area (Å²) < 4.78 is 0. The lowest BCUT2D eigenvalue weighted by molar-refractivity contribution is -0.137. The molecule has 2 aliphatic rings. The summed E-state index contributed by atoms with van der Waals surface area (Å²) in [5, 5.41) is 11.6. The Morgan fingerprint density at radius 1 is 1.38 bits per heavy atom. The molecule has 0 spiro atoms. The molecule has 0 saturated carbocycles. The van der Waals surface area contributed by atoms with Gasteiger partial charge in [0.15, 0.2) is 0 Å². The highest BCUT2D eigenvalue weighted by Crippen LogP contribution is 2.24. The molecule has 6 nitrogen and oxygen atoms in total. The van der Waals surface area contributed by atoms with E-state index in [-0.39, 0.29) is 24.5 Å². The Bertz CT molecular complexity index is 388. The van der Waals surface area contributed by atoms with Gasteiger partial charge in [0.25, 0.3) is 0 Å². The summed E-state index contributed by atoms with van der Waals surface area (Å²) in [7, 11) is 0. The molecule has 120 valence electrons. The van der Waals surface area contributed by atoms with E-state index in [4.69, 9.17) is 5.11 Å². The van der Waals surface area contributed by atoms with Gasteiger partial charge < -0.3 is 15.3 Å². The number of urea groups is 1. The fourth-order valence-electron chi connectivity index (χ4n) is 3.40. The number of fused-ring (bicyclic) bond motifs is 1. The quantitative estimate of drug-likeness (QED) is 0.807. The van der Waals surface area contributed by atoms with Gasteiger partial charge >= 0.3 is 12.0 Å². The Hall–Kier alpha value is -1.30. The monoisotopic (exact) mass is 297 g/mol. The second-order valence-electron chi connectivity index (χ2n) is 6.43. The molecule has 0 radical (unpaired) electrons. The number of carbonyl (C=O) groups excluding carboxylic acids is 1. The van der Waals surface area contributed by atoms with Gasteiger partial charge in [0, 0.05) is 37.6 Å². The van der Waals surface area contributed by atoms with Crippen molar-refractivity contribution in [1.82, 2.24) is 15.1 Å². The smallest absolute Gasteiger partial charge is 0.317 e. The van der Waals surface area contributed by atoms with Crippen LogP contribution in [-0.2, 0) is 4.79 Å². The number of hydrogen-bond acceptors (Lipinski definition) is 3. The summed E-state index contributed by atoms with van der Waals surface area (Å²) >= 11 is 0. The van der Waals surface area contributed by atoms with Gasteiger partial charge in [-0.25, -0.2) is 4.79 Å². The number of carboxylic acid groups (broad SMARTS) is 1. The van der Waals surface area contributed by atoms with Crippen LogP contribution in [0.5, 0.6) is 0 Å². The lowest BCUT2D eigenvalue weighted by atomic mass is 10.1. The van der Waals surface area contributed by atoms with E-state index in [1.165, 1.54) is 12.8 Å². The van der Waals surface area contributed by atoms with E-state index in [0.29, 0.717) is 18.9 Å². The van der Waals surface area contributed by atoms with Crippen LogP contribution >= 0.6 is 0 Å². The molecule has 0 bridgehead atoms. The molecule has 2 heterocycles. The molecule has 0 aromatic carbocycles. The normalized spacial score (nSPS) is 27.2. The van der Waals surface area contributed by atoms with Crippen LogP contribution in [0.4, 0.5) is 4.79 Å². The predicted molar refractivity (Wildman–Crippen MR) is 80.2 cm³/mol. The lowest BCUT2D eigenvalue weighted by Gasteiger charge is -2.42. The van der Waals surface area contributed by atoms with E-state index in [1.54, 1.807) is 0 Å². The number of piperazine rings is 1. The van der Waals surface area contributed by atoms with Crippen LogP contribution in [0, 0.1) is 0 Å². The molecule has 2 rings (SSSR count). The molecule has 0 aliphatic carbocycles. The van der Waals surface area contributed by atoms with Crippen LogP contribution in [-0.4, -0.2) is 64.7 Å². The summed E-state index contributed by atoms with van der Waals surface area (Å²) in [6.45, 7) is 6.98. The van der Waals surface area contributed by atoms with Crippen LogP contribution in [0.3, 0.4) is 0 Å². The molecule has 0 aromatic heterocycles. The third-order valence-corrected chi connectivity index (χ3v) is 4.60. The molecule has 2 aliphatic heterocycles. The van der Waals surface area contributed by atoms with Crippen molar-refractivity contribution in [3.63, 3.8) is 0 Å². The maximum atomic E-state index is 12.4. The fraction of sp³-hybridized carbons (Fsp3) is 0.867.